The molecule has 3 heteroatoms. The van der Waals surface area contributed by atoms with Gasteiger partial charge in [0.15, 0.2) is 0 Å². The van der Waals surface area contributed by atoms with Crippen molar-refractivity contribution in [3.05, 3.63) is 29.3 Å². The summed E-state index contributed by atoms with van der Waals surface area (Å²) in [7, 11) is 0. The summed E-state index contributed by atoms with van der Waals surface area (Å²) in [5.74, 6) is 1.04. The first kappa shape index (κ1) is 14.9. The van der Waals surface area contributed by atoms with Gasteiger partial charge in [0, 0.05) is 11.0 Å². The van der Waals surface area contributed by atoms with Gasteiger partial charge in [-0.2, -0.15) is 0 Å². The fourth-order valence-electron chi connectivity index (χ4n) is 3.49. The van der Waals surface area contributed by atoms with Crippen LogP contribution in [-0.4, -0.2) is 25.4 Å². The number of likely N-dealkylation sites (N-methyl/N-ethyl adjacent to an activating group) is 1. The molecule has 1 fully saturated rings. The van der Waals surface area contributed by atoms with Crippen molar-refractivity contribution in [1.29, 1.82) is 0 Å². The molecule has 0 spiro atoms. The van der Waals surface area contributed by atoms with Crippen LogP contribution in [0, 0.1) is 0 Å². The van der Waals surface area contributed by atoms with Gasteiger partial charge in [0.25, 0.3) is 0 Å². The molecule has 2 heterocycles. The Morgan fingerprint density at radius 3 is 2.81 bits per heavy atom. The molecular formula is C18H27NO2. The van der Waals surface area contributed by atoms with Crippen LogP contribution in [0.25, 0.3) is 0 Å². The number of benzene rings is 1. The second kappa shape index (κ2) is 5.62. The predicted octanol–water partition coefficient (Wildman–Crippen LogP) is 3.57. The van der Waals surface area contributed by atoms with Gasteiger partial charge in [0.1, 0.15) is 5.75 Å². The Morgan fingerprint density at radius 1 is 1.33 bits per heavy atom. The van der Waals surface area contributed by atoms with Gasteiger partial charge in [-0.1, -0.05) is 26.8 Å². The van der Waals surface area contributed by atoms with Crippen molar-refractivity contribution in [3.8, 4) is 5.75 Å². The van der Waals surface area contributed by atoms with Crippen LogP contribution in [0.15, 0.2) is 18.2 Å². The number of hydrogen-bond donors (Lipinski definition) is 1. The number of nitrogens with one attached hydrogen (secondary N) is 1. The zero-order valence-electron chi connectivity index (χ0n) is 13.6. The molecule has 3 unspecified atom stereocenters. The summed E-state index contributed by atoms with van der Waals surface area (Å²) >= 11 is 0. The zero-order valence-corrected chi connectivity index (χ0v) is 13.6. The lowest BCUT2D eigenvalue weighted by atomic mass is 9.85. The van der Waals surface area contributed by atoms with Gasteiger partial charge >= 0.3 is 0 Å². The minimum absolute atomic E-state index is 0.103. The topological polar surface area (TPSA) is 30.5 Å². The Bertz CT molecular complexity index is 512. The van der Waals surface area contributed by atoms with Crippen molar-refractivity contribution >= 4 is 0 Å². The second-order valence-corrected chi connectivity index (χ2v) is 7.03. The quantitative estimate of drug-likeness (QED) is 0.919. The summed E-state index contributed by atoms with van der Waals surface area (Å²) in [5, 5.41) is 3.61. The Kier molecular flexibility index (Phi) is 3.98. The lowest BCUT2D eigenvalue weighted by Crippen LogP contribution is -2.32. The predicted molar refractivity (Wildman–Crippen MR) is 84.9 cm³/mol. The number of hydrogen-bond acceptors (Lipinski definition) is 3. The van der Waals surface area contributed by atoms with Gasteiger partial charge < -0.3 is 14.8 Å². The molecular weight excluding hydrogens is 262 g/mol. The maximum atomic E-state index is 6.11. The zero-order chi connectivity index (χ0) is 15.0. The normalized spacial score (nSPS) is 28.2. The van der Waals surface area contributed by atoms with Gasteiger partial charge in [-0.25, -0.2) is 0 Å². The Labute approximate surface area is 128 Å². The van der Waals surface area contributed by atoms with Crippen LogP contribution in [0.1, 0.15) is 57.7 Å². The van der Waals surface area contributed by atoms with Crippen LogP contribution in [0.4, 0.5) is 0 Å². The Balaban J connectivity index is 1.90. The van der Waals surface area contributed by atoms with Gasteiger partial charge in [0.05, 0.1) is 24.9 Å². The van der Waals surface area contributed by atoms with Crippen molar-refractivity contribution in [2.45, 2.75) is 64.2 Å². The van der Waals surface area contributed by atoms with Crippen LogP contribution in [0.2, 0.25) is 0 Å². The highest BCUT2D eigenvalue weighted by Crippen LogP contribution is 2.40. The third-order valence-corrected chi connectivity index (χ3v) is 4.74. The number of rotatable bonds is 4. The first-order valence-electron chi connectivity index (χ1n) is 8.17. The fourth-order valence-corrected chi connectivity index (χ4v) is 3.49. The van der Waals surface area contributed by atoms with E-state index < -0.39 is 0 Å². The Morgan fingerprint density at radius 2 is 2.14 bits per heavy atom. The highest BCUT2D eigenvalue weighted by atomic mass is 16.5. The standard InChI is InChI=1S/C18H27NO2/c1-5-19-17(16-8-6-12(2)21-16)13-7-9-15-14(10-13)18(3,4)11-20-15/h7,9-10,12,16-17,19H,5-6,8,11H2,1-4H3. The smallest absolute Gasteiger partial charge is 0.123 e. The van der Waals surface area contributed by atoms with E-state index >= 15 is 0 Å². The Hall–Kier alpha value is -1.06. The molecule has 1 N–H and O–H groups in total. The van der Waals surface area contributed by atoms with E-state index in [2.05, 4.69) is 51.2 Å². The van der Waals surface area contributed by atoms with Gasteiger partial charge in [-0.05, 0) is 44.0 Å². The van der Waals surface area contributed by atoms with E-state index in [1.165, 1.54) is 11.1 Å². The number of fused-ring (bicyclic) bond motifs is 1. The van der Waals surface area contributed by atoms with Gasteiger partial charge in [-0.3, -0.25) is 0 Å². The van der Waals surface area contributed by atoms with Crippen molar-refractivity contribution in [2.24, 2.45) is 0 Å². The van der Waals surface area contributed by atoms with E-state index in [1.54, 1.807) is 0 Å². The molecule has 1 saturated heterocycles. The summed E-state index contributed by atoms with van der Waals surface area (Å²) in [5.41, 5.74) is 2.76. The lowest BCUT2D eigenvalue weighted by molar-refractivity contribution is 0.0319. The molecule has 0 aromatic heterocycles. The van der Waals surface area contributed by atoms with Crippen molar-refractivity contribution in [3.63, 3.8) is 0 Å². The molecule has 2 aliphatic rings. The van der Waals surface area contributed by atoms with Crippen LogP contribution < -0.4 is 10.1 Å². The molecule has 1 aromatic carbocycles. The van der Waals surface area contributed by atoms with Crippen LogP contribution >= 0.6 is 0 Å². The van der Waals surface area contributed by atoms with E-state index in [0.29, 0.717) is 6.10 Å². The molecule has 0 saturated carbocycles. The third kappa shape index (κ3) is 2.82. The lowest BCUT2D eigenvalue weighted by Gasteiger charge is -2.26. The minimum atomic E-state index is 0.103. The van der Waals surface area contributed by atoms with Crippen LogP contribution in [0.5, 0.6) is 5.75 Å². The molecule has 3 nitrogen and oxygen atoms in total. The molecule has 2 aliphatic heterocycles. The summed E-state index contributed by atoms with van der Waals surface area (Å²) in [6.07, 6.45) is 2.95. The third-order valence-electron chi connectivity index (χ3n) is 4.74. The molecule has 0 amide bonds. The average Bonchev–Trinajstić information content (AvgIpc) is 3.00. The van der Waals surface area contributed by atoms with Crippen molar-refractivity contribution in [1.82, 2.24) is 5.32 Å². The van der Waals surface area contributed by atoms with Crippen molar-refractivity contribution < 1.29 is 9.47 Å². The van der Waals surface area contributed by atoms with Crippen LogP contribution in [-0.2, 0) is 10.2 Å². The maximum absolute atomic E-state index is 6.11. The highest BCUT2D eigenvalue weighted by Gasteiger charge is 2.35. The molecule has 0 bridgehead atoms. The van der Waals surface area contributed by atoms with Gasteiger partial charge in [-0.15, -0.1) is 0 Å². The van der Waals surface area contributed by atoms with Crippen molar-refractivity contribution in [2.75, 3.05) is 13.2 Å². The molecule has 3 atom stereocenters. The highest BCUT2D eigenvalue weighted by molar-refractivity contribution is 5.46. The van der Waals surface area contributed by atoms with E-state index in [1.807, 2.05) is 0 Å². The average molecular weight is 289 g/mol. The maximum Gasteiger partial charge on any atom is 0.123 e. The largest absolute Gasteiger partial charge is 0.492 e. The SMILES string of the molecule is CCNC(c1ccc2c(c1)C(C)(C)CO2)C1CCC(C)O1. The summed E-state index contributed by atoms with van der Waals surface area (Å²) in [6.45, 7) is 10.6. The van der Waals surface area contributed by atoms with E-state index in [0.717, 1.165) is 31.7 Å². The van der Waals surface area contributed by atoms with E-state index in [9.17, 15) is 0 Å². The summed E-state index contributed by atoms with van der Waals surface area (Å²) in [6, 6.07) is 6.92. The molecule has 1 aromatic rings. The molecule has 0 aliphatic carbocycles. The van der Waals surface area contributed by atoms with E-state index in [4.69, 9.17) is 9.47 Å². The first-order valence-corrected chi connectivity index (χ1v) is 8.17. The molecule has 116 valence electrons. The minimum Gasteiger partial charge on any atom is -0.492 e. The first-order chi connectivity index (χ1) is 10.0. The fraction of sp³-hybridized carbons (Fsp3) is 0.667. The number of ether oxygens (including phenoxy) is 2. The van der Waals surface area contributed by atoms with Crippen LogP contribution in [0.3, 0.4) is 0 Å². The molecule has 0 radical (unpaired) electrons. The molecule has 21 heavy (non-hydrogen) atoms. The monoisotopic (exact) mass is 289 g/mol. The summed E-state index contributed by atoms with van der Waals surface area (Å²) < 4.78 is 11.9. The van der Waals surface area contributed by atoms with Gasteiger partial charge in [0.2, 0.25) is 0 Å². The summed E-state index contributed by atoms with van der Waals surface area (Å²) in [4.78, 5) is 0. The molecule has 3 rings (SSSR count). The second-order valence-electron chi connectivity index (χ2n) is 7.03. The van der Waals surface area contributed by atoms with E-state index in [-0.39, 0.29) is 17.6 Å².